The molecule has 0 aliphatic heterocycles. The second kappa shape index (κ2) is 4.84. The maximum absolute atomic E-state index is 5.59. The molecule has 2 N–H and O–H groups in total. The zero-order valence-electron chi connectivity index (χ0n) is 7.82. The average molecular weight is 186 g/mol. The molecule has 1 rings (SSSR count). The Labute approximate surface area is 76.8 Å². The lowest BCUT2D eigenvalue weighted by Gasteiger charge is -2.13. The summed E-state index contributed by atoms with van der Waals surface area (Å²) in [4.78, 5) is 0. The van der Waals surface area contributed by atoms with E-state index in [9.17, 15) is 0 Å². The summed E-state index contributed by atoms with van der Waals surface area (Å²) in [5.74, 6) is 0.434. The van der Waals surface area contributed by atoms with Crippen LogP contribution in [0.4, 0.5) is 5.69 Å². The number of rotatable bonds is 5. The third-order valence-electron chi connectivity index (χ3n) is 1.48. The van der Waals surface area contributed by atoms with Crippen molar-refractivity contribution in [1.29, 1.82) is 0 Å². The first-order chi connectivity index (χ1) is 6.29. The molecule has 0 aromatic carbocycles. The van der Waals surface area contributed by atoms with Crippen molar-refractivity contribution in [2.75, 3.05) is 18.9 Å². The van der Waals surface area contributed by atoms with Crippen LogP contribution in [-0.2, 0) is 9.47 Å². The van der Waals surface area contributed by atoms with E-state index in [-0.39, 0.29) is 0 Å². The second-order valence-corrected chi connectivity index (χ2v) is 2.39. The van der Waals surface area contributed by atoms with Gasteiger partial charge in [0.05, 0.1) is 6.20 Å². The molecule has 1 heterocycles. The van der Waals surface area contributed by atoms with Crippen LogP contribution in [0.1, 0.15) is 25.9 Å². The van der Waals surface area contributed by atoms with E-state index in [2.05, 4.69) is 5.16 Å². The molecule has 0 unspecified atom stereocenters. The number of hydrogen-bond donors (Lipinski definition) is 1. The summed E-state index contributed by atoms with van der Waals surface area (Å²) in [5.41, 5.74) is 6.04. The monoisotopic (exact) mass is 186 g/mol. The predicted molar refractivity (Wildman–Crippen MR) is 46.9 cm³/mol. The summed E-state index contributed by atoms with van der Waals surface area (Å²) >= 11 is 0. The van der Waals surface area contributed by atoms with E-state index in [0.717, 1.165) is 0 Å². The van der Waals surface area contributed by atoms with Crippen LogP contribution in [0, 0.1) is 0 Å². The lowest BCUT2D eigenvalue weighted by molar-refractivity contribution is -0.151. The highest BCUT2D eigenvalue weighted by Crippen LogP contribution is 2.23. The van der Waals surface area contributed by atoms with Crippen LogP contribution in [0.2, 0.25) is 0 Å². The molecule has 5 nitrogen and oxygen atoms in total. The highest BCUT2D eigenvalue weighted by molar-refractivity contribution is 5.38. The van der Waals surface area contributed by atoms with Gasteiger partial charge in [0.1, 0.15) is 5.69 Å². The van der Waals surface area contributed by atoms with Crippen molar-refractivity contribution in [3.8, 4) is 0 Å². The fourth-order valence-electron chi connectivity index (χ4n) is 0.938. The summed E-state index contributed by atoms with van der Waals surface area (Å²) in [6, 6.07) is 0. The fourth-order valence-corrected chi connectivity index (χ4v) is 0.938. The largest absolute Gasteiger partial charge is 0.394 e. The Bertz CT molecular complexity index is 243. The van der Waals surface area contributed by atoms with E-state index in [1.54, 1.807) is 0 Å². The van der Waals surface area contributed by atoms with E-state index < -0.39 is 6.29 Å². The van der Waals surface area contributed by atoms with Crippen molar-refractivity contribution in [2.45, 2.75) is 20.1 Å². The van der Waals surface area contributed by atoms with Gasteiger partial charge in [-0.1, -0.05) is 5.16 Å². The minimum Gasteiger partial charge on any atom is -0.394 e. The molecule has 0 aliphatic rings. The molecule has 1 aromatic heterocycles. The second-order valence-electron chi connectivity index (χ2n) is 2.39. The molecule has 0 atom stereocenters. The van der Waals surface area contributed by atoms with Gasteiger partial charge in [-0.15, -0.1) is 0 Å². The number of anilines is 1. The molecule has 74 valence electrons. The van der Waals surface area contributed by atoms with Crippen molar-refractivity contribution < 1.29 is 14.0 Å². The van der Waals surface area contributed by atoms with Gasteiger partial charge in [0, 0.05) is 13.2 Å². The number of hydrogen-bond acceptors (Lipinski definition) is 5. The van der Waals surface area contributed by atoms with Gasteiger partial charge in [-0.2, -0.15) is 0 Å². The molecule has 0 amide bonds. The van der Waals surface area contributed by atoms with Crippen molar-refractivity contribution in [2.24, 2.45) is 0 Å². The standard InChI is InChI=1S/C8H14N2O3/c1-3-11-8(12-4-2)7-6(9)5-10-13-7/h5,8H,3-4,9H2,1-2H3. The van der Waals surface area contributed by atoms with Gasteiger partial charge in [0.2, 0.25) is 12.1 Å². The Hall–Kier alpha value is -1.07. The van der Waals surface area contributed by atoms with Crippen LogP contribution in [0.3, 0.4) is 0 Å². The van der Waals surface area contributed by atoms with E-state index >= 15 is 0 Å². The molecule has 1 aromatic rings. The lowest BCUT2D eigenvalue weighted by atomic mass is 10.4. The maximum Gasteiger partial charge on any atom is 0.222 e. The quantitative estimate of drug-likeness (QED) is 0.702. The van der Waals surface area contributed by atoms with Gasteiger partial charge in [-0.05, 0) is 13.8 Å². The predicted octanol–water partition coefficient (Wildman–Crippen LogP) is 1.33. The Kier molecular flexibility index (Phi) is 3.72. The summed E-state index contributed by atoms with van der Waals surface area (Å²) in [5, 5.41) is 3.55. The summed E-state index contributed by atoms with van der Waals surface area (Å²) in [6.45, 7) is 4.81. The summed E-state index contributed by atoms with van der Waals surface area (Å²) in [6.07, 6.45) is 0.887. The van der Waals surface area contributed by atoms with E-state index in [4.69, 9.17) is 19.7 Å². The van der Waals surface area contributed by atoms with Gasteiger partial charge >= 0.3 is 0 Å². The average Bonchev–Trinajstić information content (AvgIpc) is 2.51. The molecular formula is C8H14N2O3. The molecule has 0 saturated heterocycles. The molecule has 13 heavy (non-hydrogen) atoms. The number of nitrogen functional groups attached to an aromatic ring is 1. The van der Waals surface area contributed by atoms with Crippen LogP contribution < -0.4 is 5.73 Å². The molecule has 0 aliphatic carbocycles. The first-order valence-electron chi connectivity index (χ1n) is 4.22. The number of ether oxygens (including phenoxy) is 2. The molecule has 0 bridgehead atoms. The summed E-state index contributed by atoms with van der Waals surface area (Å²) < 4.78 is 15.4. The zero-order chi connectivity index (χ0) is 9.68. The van der Waals surface area contributed by atoms with Crippen LogP contribution in [0.25, 0.3) is 0 Å². The molecule has 0 fully saturated rings. The zero-order valence-corrected chi connectivity index (χ0v) is 7.82. The van der Waals surface area contributed by atoms with Crippen LogP contribution >= 0.6 is 0 Å². The SMILES string of the molecule is CCOC(OCC)c1oncc1N. The third-order valence-corrected chi connectivity index (χ3v) is 1.48. The van der Waals surface area contributed by atoms with Gasteiger partial charge in [0.25, 0.3) is 0 Å². The molecular weight excluding hydrogens is 172 g/mol. The number of aromatic nitrogens is 1. The highest BCUT2D eigenvalue weighted by atomic mass is 16.7. The maximum atomic E-state index is 5.59. The Morgan fingerprint density at radius 1 is 1.46 bits per heavy atom. The molecule has 0 saturated carbocycles. The van der Waals surface area contributed by atoms with Crippen molar-refractivity contribution in [1.82, 2.24) is 5.16 Å². The minimum atomic E-state index is -0.544. The van der Waals surface area contributed by atoms with Gasteiger partial charge < -0.3 is 19.7 Å². The number of nitrogens with two attached hydrogens (primary N) is 1. The van der Waals surface area contributed by atoms with Gasteiger partial charge in [-0.25, -0.2) is 0 Å². The Morgan fingerprint density at radius 2 is 2.08 bits per heavy atom. The first kappa shape index (κ1) is 10.0. The third kappa shape index (κ3) is 2.43. The highest BCUT2D eigenvalue weighted by Gasteiger charge is 2.19. The van der Waals surface area contributed by atoms with Crippen LogP contribution in [-0.4, -0.2) is 18.4 Å². The normalized spacial score (nSPS) is 11.0. The summed E-state index contributed by atoms with van der Waals surface area (Å²) in [7, 11) is 0. The Balaban J connectivity index is 2.69. The van der Waals surface area contributed by atoms with Crippen molar-refractivity contribution >= 4 is 5.69 Å². The van der Waals surface area contributed by atoms with Crippen molar-refractivity contribution in [3.63, 3.8) is 0 Å². The van der Waals surface area contributed by atoms with Crippen LogP contribution in [0.5, 0.6) is 0 Å². The fraction of sp³-hybridized carbons (Fsp3) is 0.625. The van der Waals surface area contributed by atoms with Gasteiger partial charge in [-0.3, -0.25) is 0 Å². The number of nitrogens with zero attached hydrogens (tertiary/aromatic N) is 1. The molecule has 0 radical (unpaired) electrons. The molecule has 0 spiro atoms. The van der Waals surface area contributed by atoms with E-state index in [1.807, 2.05) is 13.8 Å². The lowest BCUT2D eigenvalue weighted by Crippen LogP contribution is -2.09. The smallest absolute Gasteiger partial charge is 0.222 e. The van der Waals surface area contributed by atoms with E-state index in [0.29, 0.717) is 24.7 Å². The van der Waals surface area contributed by atoms with Crippen LogP contribution in [0.15, 0.2) is 10.7 Å². The molecule has 5 heteroatoms. The Morgan fingerprint density at radius 3 is 2.46 bits per heavy atom. The van der Waals surface area contributed by atoms with E-state index in [1.165, 1.54) is 6.20 Å². The van der Waals surface area contributed by atoms with Gasteiger partial charge in [0.15, 0.2) is 0 Å². The first-order valence-corrected chi connectivity index (χ1v) is 4.22. The topological polar surface area (TPSA) is 70.5 Å². The minimum absolute atomic E-state index is 0.434. The van der Waals surface area contributed by atoms with Crippen molar-refractivity contribution in [3.05, 3.63) is 12.0 Å².